The normalized spacial score (nSPS) is 11.4. The van der Waals surface area contributed by atoms with Crippen LogP contribution in [0.25, 0.3) is 0 Å². The minimum absolute atomic E-state index is 0.173. The SMILES string of the molecule is CN(C(=O)c1cc(N)cc(F)c1)C(C)(C)CO. The second-order valence-electron chi connectivity index (χ2n) is 4.61. The molecule has 0 bridgehead atoms. The molecule has 0 aliphatic rings. The summed E-state index contributed by atoms with van der Waals surface area (Å²) in [5, 5.41) is 9.18. The van der Waals surface area contributed by atoms with Crippen LogP contribution in [0.15, 0.2) is 18.2 Å². The summed E-state index contributed by atoms with van der Waals surface area (Å²) in [6, 6.07) is 3.69. The number of hydrogen-bond acceptors (Lipinski definition) is 3. The molecule has 94 valence electrons. The van der Waals surface area contributed by atoms with Gasteiger partial charge in [0, 0.05) is 18.3 Å². The summed E-state index contributed by atoms with van der Waals surface area (Å²) in [6.45, 7) is 3.25. The summed E-state index contributed by atoms with van der Waals surface area (Å²) in [6.07, 6.45) is 0. The predicted molar refractivity (Wildman–Crippen MR) is 64.1 cm³/mol. The monoisotopic (exact) mass is 240 g/mol. The number of rotatable bonds is 3. The number of nitrogen functional groups attached to an aromatic ring is 1. The highest BCUT2D eigenvalue weighted by molar-refractivity contribution is 5.95. The first-order valence-corrected chi connectivity index (χ1v) is 5.23. The van der Waals surface area contributed by atoms with Gasteiger partial charge in [-0.25, -0.2) is 4.39 Å². The molecule has 0 atom stereocenters. The van der Waals surface area contributed by atoms with Gasteiger partial charge in [0.15, 0.2) is 0 Å². The van der Waals surface area contributed by atoms with Crippen molar-refractivity contribution in [2.24, 2.45) is 0 Å². The summed E-state index contributed by atoms with van der Waals surface area (Å²) >= 11 is 0. The van der Waals surface area contributed by atoms with Crippen molar-refractivity contribution in [3.63, 3.8) is 0 Å². The first-order chi connectivity index (χ1) is 7.77. The van der Waals surface area contributed by atoms with Crippen LogP contribution >= 0.6 is 0 Å². The molecule has 1 rings (SSSR count). The highest BCUT2D eigenvalue weighted by atomic mass is 19.1. The van der Waals surface area contributed by atoms with Crippen LogP contribution in [0.3, 0.4) is 0 Å². The number of nitrogens with two attached hydrogens (primary N) is 1. The van der Waals surface area contributed by atoms with E-state index in [1.54, 1.807) is 20.9 Å². The van der Waals surface area contributed by atoms with Crippen molar-refractivity contribution in [2.75, 3.05) is 19.4 Å². The van der Waals surface area contributed by atoms with E-state index in [0.29, 0.717) is 0 Å². The predicted octanol–water partition coefficient (Wildman–Crippen LogP) is 1.25. The molecule has 1 aromatic rings. The van der Waals surface area contributed by atoms with Gasteiger partial charge in [-0.2, -0.15) is 0 Å². The zero-order valence-electron chi connectivity index (χ0n) is 10.2. The topological polar surface area (TPSA) is 66.6 Å². The third-order valence-corrected chi connectivity index (χ3v) is 2.77. The van der Waals surface area contributed by atoms with Gasteiger partial charge in [-0.15, -0.1) is 0 Å². The molecule has 0 aromatic heterocycles. The lowest BCUT2D eigenvalue weighted by molar-refractivity contribution is 0.0473. The first-order valence-electron chi connectivity index (χ1n) is 5.23. The van der Waals surface area contributed by atoms with E-state index in [2.05, 4.69) is 0 Å². The first kappa shape index (κ1) is 13.4. The van der Waals surface area contributed by atoms with Crippen LogP contribution in [0.5, 0.6) is 0 Å². The number of aliphatic hydroxyl groups excluding tert-OH is 1. The van der Waals surface area contributed by atoms with Gasteiger partial charge in [0.1, 0.15) is 5.82 Å². The maximum Gasteiger partial charge on any atom is 0.254 e. The molecule has 0 radical (unpaired) electrons. The molecule has 17 heavy (non-hydrogen) atoms. The second kappa shape index (κ2) is 4.71. The molecule has 0 aliphatic heterocycles. The van der Waals surface area contributed by atoms with Crippen LogP contribution in [0.1, 0.15) is 24.2 Å². The minimum Gasteiger partial charge on any atom is -0.399 e. The zero-order valence-corrected chi connectivity index (χ0v) is 10.2. The third-order valence-electron chi connectivity index (χ3n) is 2.77. The van der Waals surface area contributed by atoms with E-state index in [1.807, 2.05) is 0 Å². The van der Waals surface area contributed by atoms with E-state index in [4.69, 9.17) is 5.73 Å². The number of carbonyl (C=O) groups is 1. The summed E-state index contributed by atoms with van der Waals surface area (Å²) in [5.41, 5.74) is 5.14. The van der Waals surface area contributed by atoms with Gasteiger partial charge < -0.3 is 15.7 Å². The Morgan fingerprint density at radius 3 is 2.53 bits per heavy atom. The maximum absolute atomic E-state index is 13.1. The van der Waals surface area contributed by atoms with Gasteiger partial charge in [0.25, 0.3) is 5.91 Å². The Hall–Kier alpha value is -1.62. The van der Waals surface area contributed by atoms with Crippen LogP contribution in [-0.4, -0.2) is 35.1 Å². The third kappa shape index (κ3) is 2.94. The molecule has 4 nitrogen and oxygen atoms in total. The summed E-state index contributed by atoms with van der Waals surface area (Å²) < 4.78 is 13.1. The molecule has 0 saturated carbocycles. The van der Waals surface area contributed by atoms with Gasteiger partial charge in [-0.05, 0) is 32.0 Å². The molecule has 3 N–H and O–H groups in total. The minimum atomic E-state index is -0.710. The Morgan fingerprint density at radius 1 is 1.47 bits per heavy atom. The largest absolute Gasteiger partial charge is 0.399 e. The number of benzene rings is 1. The summed E-state index contributed by atoms with van der Waals surface area (Å²) in [5.74, 6) is -0.932. The Bertz CT molecular complexity index is 412. The lowest BCUT2D eigenvalue weighted by Crippen LogP contribution is -2.47. The Kier molecular flexibility index (Phi) is 3.72. The van der Waals surface area contributed by atoms with E-state index < -0.39 is 11.4 Å². The van der Waals surface area contributed by atoms with Crippen LogP contribution in [0.4, 0.5) is 10.1 Å². The van der Waals surface area contributed by atoms with E-state index in [1.165, 1.54) is 11.0 Å². The maximum atomic E-state index is 13.1. The van der Waals surface area contributed by atoms with Crippen molar-refractivity contribution in [1.29, 1.82) is 0 Å². The fourth-order valence-corrected chi connectivity index (χ4v) is 1.31. The standard InChI is InChI=1S/C12H17FN2O2/c1-12(2,7-16)15(3)11(17)8-4-9(13)6-10(14)5-8/h4-6,16H,7,14H2,1-3H3. The highest BCUT2D eigenvalue weighted by Gasteiger charge is 2.27. The van der Waals surface area contributed by atoms with Crippen LogP contribution in [0, 0.1) is 5.82 Å². The quantitative estimate of drug-likeness (QED) is 0.781. The van der Waals surface area contributed by atoms with E-state index in [0.717, 1.165) is 12.1 Å². The molecule has 0 fully saturated rings. The number of aliphatic hydroxyl groups is 1. The molecule has 0 aliphatic carbocycles. The van der Waals surface area contributed by atoms with Gasteiger partial charge >= 0.3 is 0 Å². The van der Waals surface area contributed by atoms with Crippen molar-refractivity contribution in [2.45, 2.75) is 19.4 Å². The lowest BCUT2D eigenvalue weighted by Gasteiger charge is -2.34. The fraction of sp³-hybridized carbons (Fsp3) is 0.417. The van der Waals surface area contributed by atoms with Crippen LogP contribution in [-0.2, 0) is 0 Å². The number of hydrogen-bond donors (Lipinski definition) is 2. The van der Waals surface area contributed by atoms with Crippen LogP contribution in [0.2, 0.25) is 0 Å². The van der Waals surface area contributed by atoms with Gasteiger partial charge in [-0.1, -0.05) is 0 Å². The number of amides is 1. The van der Waals surface area contributed by atoms with Gasteiger partial charge in [-0.3, -0.25) is 4.79 Å². The molecular weight excluding hydrogens is 223 g/mol. The van der Waals surface area contributed by atoms with Crippen LogP contribution < -0.4 is 5.73 Å². The number of halogens is 1. The fourth-order valence-electron chi connectivity index (χ4n) is 1.31. The van der Waals surface area contributed by atoms with E-state index >= 15 is 0 Å². The van der Waals surface area contributed by atoms with Crippen molar-refractivity contribution in [1.82, 2.24) is 4.90 Å². The van der Waals surface area contributed by atoms with E-state index in [-0.39, 0.29) is 23.8 Å². The lowest BCUT2D eigenvalue weighted by atomic mass is 10.0. The number of anilines is 1. The summed E-state index contributed by atoms with van der Waals surface area (Å²) in [4.78, 5) is 13.4. The van der Waals surface area contributed by atoms with Crippen molar-refractivity contribution < 1.29 is 14.3 Å². The second-order valence-corrected chi connectivity index (χ2v) is 4.61. The molecule has 1 amide bonds. The van der Waals surface area contributed by atoms with Crippen molar-refractivity contribution in [3.05, 3.63) is 29.6 Å². The smallest absolute Gasteiger partial charge is 0.254 e. The zero-order chi connectivity index (χ0) is 13.2. The number of nitrogens with zero attached hydrogens (tertiary/aromatic N) is 1. The van der Waals surface area contributed by atoms with Gasteiger partial charge in [0.05, 0.1) is 12.1 Å². The Balaban J connectivity index is 3.04. The molecule has 0 spiro atoms. The van der Waals surface area contributed by atoms with Gasteiger partial charge in [0.2, 0.25) is 0 Å². The molecule has 0 heterocycles. The average Bonchev–Trinajstić information content (AvgIpc) is 2.25. The van der Waals surface area contributed by atoms with Crippen molar-refractivity contribution >= 4 is 11.6 Å². The highest BCUT2D eigenvalue weighted by Crippen LogP contribution is 2.18. The number of likely N-dealkylation sites (N-methyl/N-ethyl adjacent to an activating group) is 1. The molecule has 0 unspecified atom stereocenters. The molecule has 0 saturated heterocycles. The Morgan fingerprint density at radius 2 is 2.06 bits per heavy atom. The number of carbonyl (C=O) groups excluding carboxylic acids is 1. The molecule has 5 heteroatoms. The van der Waals surface area contributed by atoms with Crippen molar-refractivity contribution in [3.8, 4) is 0 Å². The van der Waals surface area contributed by atoms with E-state index in [9.17, 15) is 14.3 Å². The molecular formula is C12H17FN2O2. The Labute approximate surface area is 99.8 Å². The average molecular weight is 240 g/mol. The summed E-state index contributed by atoms with van der Waals surface area (Å²) in [7, 11) is 1.56. The molecule has 1 aromatic carbocycles.